The number of anilines is 1. The van der Waals surface area contributed by atoms with E-state index >= 15 is 0 Å². The Balaban J connectivity index is 2.05. The predicted molar refractivity (Wildman–Crippen MR) is 82.9 cm³/mol. The SMILES string of the molecule is N#Cc1cc(C=CC(=O)Nc2ccc(Br)cc2)ccc1F. The number of rotatable bonds is 3. The molecule has 2 rings (SSSR count). The summed E-state index contributed by atoms with van der Waals surface area (Å²) < 4.78 is 14.1. The van der Waals surface area contributed by atoms with E-state index in [1.54, 1.807) is 18.2 Å². The molecule has 0 spiro atoms. The zero-order chi connectivity index (χ0) is 15.2. The van der Waals surface area contributed by atoms with Gasteiger partial charge in [-0.2, -0.15) is 5.26 Å². The van der Waals surface area contributed by atoms with E-state index in [2.05, 4.69) is 21.2 Å². The number of hydrogen-bond donors (Lipinski definition) is 1. The molecule has 2 aromatic carbocycles. The minimum Gasteiger partial charge on any atom is -0.323 e. The van der Waals surface area contributed by atoms with Gasteiger partial charge in [-0.05, 0) is 48.0 Å². The Labute approximate surface area is 129 Å². The lowest BCUT2D eigenvalue weighted by Gasteiger charge is -2.02. The zero-order valence-corrected chi connectivity index (χ0v) is 12.4. The summed E-state index contributed by atoms with van der Waals surface area (Å²) in [4.78, 5) is 11.7. The van der Waals surface area contributed by atoms with Gasteiger partial charge in [0.05, 0.1) is 5.56 Å². The van der Waals surface area contributed by atoms with Crippen molar-refractivity contribution in [1.29, 1.82) is 5.26 Å². The van der Waals surface area contributed by atoms with Crippen LogP contribution in [0.15, 0.2) is 53.0 Å². The van der Waals surface area contributed by atoms with Crippen LogP contribution in [0, 0.1) is 17.1 Å². The molecular formula is C16H10BrFN2O. The Bertz CT molecular complexity index is 733. The first-order chi connectivity index (χ1) is 10.1. The zero-order valence-electron chi connectivity index (χ0n) is 10.8. The standard InChI is InChI=1S/C16H10BrFN2O/c17-13-3-5-14(6-4-13)20-16(21)8-2-11-1-7-15(18)12(9-11)10-19/h1-9H,(H,20,21). The van der Waals surface area contributed by atoms with Crippen LogP contribution in [0.25, 0.3) is 6.08 Å². The second-order valence-corrected chi connectivity index (χ2v) is 5.10. The van der Waals surface area contributed by atoms with Gasteiger partial charge >= 0.3 is 0 Å². The van der Waals surface area contributed by atoms with E-state index in [1.807, 2.05) is 12.1 Å². The molecule has 0 aliphatic rings. The van der Waals surface area contributed by atoms with Gasteiger partial charge in [-0.3, -0.25) is 4.79 Å². The van der Waals surface area contributed by atoms with Gasteiger partial charge in [0, 0.05) is 16.2 Å². The quantitative estimate of drug-likeness (QED) is 0.851. The Morgan fingerprint density at radius 3 is 2.62 bits per heavy atom. The summed E-state index contributed by atoms with van der Waals surface area (Å²) >= 11 is 3.31. The average Bonchev–Trinajstić information content (AvgIpc) is 2.49. The van der Waals surface area contributed by atoms with Crippen molar-refractivity contribution >= 4 is 33.6 Å². The number of nitrogens with one attached hydrogen (secondary N) is 1. The second-order valence-electron chi connectivity index (χ2n) is 4.18. The van der Waals surface area contributed by atoms with E-state index in [-0.39, 0.29) is 11.5 Å². The van der Waals surface area contributed by atoms with Crippen LogP contribution in [0.5, 0.6) is 0 Å². The molecule has 2 aromatic rings. The van der Waals surface area contributed by atoms with Crippen molar-refractivity contribution in [2.45, 2.75) is 0 Å². The van der Waals surface area contributed by atoms with Crippen molar-refractivity contribution in [3.63, 3.8) is 0 Å². The highest BCUT2D eigenvalue weighted by atomic mass is 79.9. The van der Waals surface area contributed by atoms with Gasteiger partial charge in [0.1, 0.15) is 11.9 Å². The molecule has 0 unspecified atom stereocenters. The Morgan fingerprint density at radius 1 is 1.24 bits per heavy atom. The molecule has 0 saturated heterocycles. The van der Waals surface area contributed by atoms with E-state index < -0.39 is 5.82 Å². The smallest absolute Gasteiger partial charge is 0.248 e. The molecule has 0 aliphatic carbocycles. The van der Waals surface area contributed by atoms with Crippen molar-refractivity contribution < 1.29 is 9.18 Å². The second kappa shape index (κ2) is 6.82. The van der Waals surface area contributed by atoms with Crippen LogP contribution in [-0.2, 0) is 4.79 Å². The molecular weight excluding hydrogens is 335 g/mol. The van der Waals surface area contributed by atoms with Crippen molar-refractivity contribution in [1.82, 2.24) is 0 Å². The maximum absolute atomic E-state index is 13.2. The first-order valence-corrected chi connectivity index (χ1v) is 6.82. The maximum Gasteiger partial charge on any atom is 0.248 e. The van der Waals surface area contributed by atoms with Crippen LogP contribution in [0.1, 0.15) is 11.1 Å². The van der Waals surface area contributed by atoms with E-state index in [1.165, 1.54) is 30.4 Å². The third-order valence-corrected chi connectivity index (χ3v) is 3.18. The molecule has 0 atom stereocenters. The van der Waals surface area contributed by atoms with Gasteiger partial charge < -0.3 is 5.32 Å². The first-order valence-electron chi connectivity index (χ1n) is 6.03. The largest absolute Gasteiger partial charge is 0.323 e. The van der Waals surface area contributed by atoms with Crippen LogP contribution in [0.2, 0.25) is 0 Å². The lowest BCUT2D eigenvalue weighted by Crippen LogP contribution is -2.07. The maximum atomic E-state index is 13.2. The molecule has 3 nitrogen and oxygen atoms in total. The molecule has 0 aliphatic heterocycles. The van der Waals surface area contributed by atoms with Gasteiger partial charge in [0.15, 0.2) is 0 Å². The summed E-state index contributed by atoms with van der Waals surface area (Å²) in [5.74, 6) is -0.880. The van der Waals surface area contributed by atoms with Gasteiger partial charge in [0.2, 0.25) is 5.91 Å². The number of halogens is 2. The molecule has 0 fully saturated rings. The number of hydrogen-bond acceptors (Lipinski definition) is 2. The van der Waals surface area contributed by atoms with Crippen LogP contribution in [-0.4, -0.2) is 5.91 Å². The lowest BCUT2D eigenvalue weighted by atomic mass is 10.1. The van der Waals surface area contributed by atoms with Crippen LogP contribution in [0.4, 0.5) is 10.1 Å². The summed E-state index contributed by atoms with van der Waals surface area (Å²) in [6, 6.07) is 13.0. The molecule has 0 heterocycles. The van der Waals surface area contributed by atoms with Crippen molar-refractivity contribution in [3.05, 3.63) is 70.0 Å². The van der Waals surface area contributed by atoms with Gasteiger partial charge in [0.25, 0.3) is 0 Å². The van der Waals surface area contributed by atoms with Gasteiger partial charge in [-0.25, -0.2) is 4.39 Å². The summed E-state index contributed by atoms with van der Waals surface area (Å²) in [6.07, 6.45) is 2.85. The minimum atomic E-state index is -0.575. The van der Waals surface area contributed by atoms with Crippen molar-refractivity contribution in [3.8, 4) is 6.07 Å². The fourth-order valence-electron chi connectivity index (χ4n) is 1.62. The number of amides is 1. The van der Waals surface area contributed by atoms with E-state index in [4.69, 9.17) is 5.26 Å². The number of carbonyl (C=O) groups is 1. The van der Waals surface area contributed by atoms with Crippen molar-refractivity contribution in [2.75, 3.05) is 5.32 Å². The number of benzene rings is 2. The Morgan fingerprint density at radius 2 is 1.95 bits per heavy atom. The summed E-state index contributed by atoms with van der Waals surface area (Å²) in [5.41, 5.74) is 1.20. The third-order valence-electron chi connectivity index (χ3n) is 2.65. The number of nitriles is 1. The van der Waals surface area contributed by atoms with Crippen LogP contribution >= 0.6 is 15.9 Å². The summed E-state index contributed by atoms with van der Waals surface area (Å²) in [7, 11) is 0. The third kappa shape index (κ3) is 4.26. The molecule has 1 N–H and O–H groups in total. The molecule has 0 radical (unpaired) electrons. The molecule has 5 heteroatoms. The molecule has 0 saturated carbocycles. The molecule has 0 aromatic heterocycles. The molecule has 1 amide bonds. The number of carbonyl (C=O) groups excluding carboxylic acids is 1. The average molecular weight is 345 g/mol. The van der Waals surface area contributed by atoms with E-state index in [0.29, 0.717) is 11.3 Å². The highest BCUT2D eigenvalue weighted by Crippen LogP contribution is 2.14. The van der Waals surface area contributed by atoms with Crippen LogP contribution in [0.3, 0.4) is 0 Å². The molecule has 21 heavy (non-hydrogen) atoms. The predicted octanol–water partition coefficient (Wildman–Crippen LogP) is 4.11. The van der Waals surface area contributed by atoms with Crippen LogP contribution < -0.4 is 5.32 Å². The van der Waals surface area contributed by atoms with Crippen molar-refractivity contribution in [2.24, 2.45) is 0 Å². The molecule has 104 valence electrons. The fourth-order valence-corrected chi connectivity index (χ4v) is 1.89. The normalized spacial score (nSPS) is 10.3. The fraction of sp³-hybridized carbons (Fsp3) is 0. The van der Waals surface area contributed by atoms with Gasteiger partial charge in [-0.15, -0.1) is 0 Å². The molecule has 0 bridgehead atoms. The van der Waals surface area contributed by atoms with E-state index in [9.17, 15) is 9.18 Å². The van der Waals surface area contributed by atoms with E-state index in [0.717, 1.165) is 4.47 Å². The Hall–Kier alpha value is -2.45. The highest BCUT2D eigenvalue weighted by Gasteiger charge is 2.02. The summed E-state index contributed by atoms with van der Waals surface area (Å²) in [5, 5.41) is 11.4. The lowest BCUT2D eigenvalue weighted by molar-refractivity contribution is -0.111. The number of nitrogens with zero attached hydrogens (tertiary/aromatic N) is 1. The monoisotopic (exact) mass is 344 g/mol. The van der Waals surface area contributed by atoms with Gasteiger partial charge in [-0.1, -0.05) is 22.0 Å². The summed E-state index contributed by atoms with van der Waals surface area (Å²) in [6.45, 7) is 0. The Kier molecular flexibility index (Phi) is 4.85. The highest BCUT2D eigenvalue weighted by molar-refractivity contribution is 9.10. The minimum absolute atomic E-state index is 0.0505. The topological polar surface area (TPSA) is 52.9 Å². The first kappa shape index (κ1) is 14.9.